The number of hydrogen-bond donors (Lipinski definition) is 2. The Labute approximate surface area is 183 Å². The predicted octanol–water partition coefficient (Wildman–Crippen LogP) is 2.32. The number of carboxylic acids is 1. The van der Waals surface area contributed by atoms with E-state index in [1.165, 1.54) is 18.2 Å². The molecule has 0 unspecified atom stereocenters. The number of carbonyl (C=O) groups excluding carboxylic acids is 1. The lowest BCUT2D eigenvalue weighted by molar-refractivity contribution is -0.121. The number of pyridine rings is 1. The van der Waals surface area contributed by atoms with Gasteiger partial charge < -0.3 is 24.6 Å². The molecule has 166 valence electrons. The van der Waals surface area contributed by atoms with Crippen LogP contribution in [-0.2, 0) is 4.79 Å². The number of halogens is 2. The number of carbonyl (C=O) groups is 2. The van der Waals surface area contributed by atoms with Crippen molar-refractivity contribution in [2.24, 2.45) is 5.92 Å². The summed E-state index contributed by atoms with van der Waals surface area (Å²) in [5, 5.41) is 12.7. The van der Waals surface area contributed by atoms with Crippen LogP contribution in [0.5, 0.6) is 5.75 Å². The highest BCUT2D eigenvalue weighted by Crippen LogP contribution is 2.45. The average molecular weight is 452 g/mol. The lowest BCUT2D eigenvalue weighted by Gasteiger charge is -2.23. The summed E-state index contributed by atoms with van der Waals surface area (Å²) in [6.07, 6.45) is 4.59. The van der Waals surface area contributed by atoms with Crippen LogP contribution >= 0.6 is 12.4 Å². The van der Waals surface area contributed by atoms with Crippen molar-refractivity contribution in [1.29, 1.82) is 0 Å². The highest BCUT2D eigenvalue weighted by atomic mass is 35.5. The summed E-state index contributed by atoms with van der Waals surface area (Å²) in [5.74, 6) is -2.40. The number of aromatic nitrogens is 1. The maximum Gasteiger partial charge on any atom is 0.341 e. The Hall–Kier alpha value is -2.65. The molecular formula is C21H23ClFN3O5. The van der Waals surface area contributed by atoms with Crippen LogP contribution in [0.3, 0.4) is 0 Å². The molecule has 3 fully saturated rings. The summed E-state index contributed by atoms with van der Waals surface area (Å²) >= 11 is 0. The molecular weight excluding hydrogens is 429 g/mol. The molecule has 2 saturated heterocycles. The molecule has 1 aromatic heterocycles. The third-order valence-corrected chi connectivity index (χ3v) is 6.39. The first kappa shape index (κ1) is 21.6. The largest absolute Gasteiger partial charge is 0.492 e. The number of piperidine rings is 1. The second-order valence-corrected chi connectivity index (χ2v) is 8.21. The molecule has 8 nitrogen and oxygen atoms in total. The highest BCUT2D eigenvalue weighted by molar-refractivity contribution is 6.04. The number of ether oxygens (including phenoxy) is 1. The molecule has 1 amide bonds. The third-order valence-electron chi connectivity index (χ3n) is 6.39. The topological polar surface area (TPSA) is 101 Å². The Morgan fingerprint density at radius 2 is 2.03 bits per heavy atom. The standard InChI is InChI=1S/C21H22FN3O5.ClH/c1-30-19-16-12(18(26)13(21(28)29)8-24(16)10-4-5-10)7-14(22)17(19)25-9-15-11(20(25)27)3-2-6-23-15;/h7-8,10-11,15,23H,2-6,9H2,1H3,(H,28,29);1H/t11-,15+;/m0./s1. The van der Waals surface area contributed by atoms with Gasteiger partial charge in [0, 0.05) is 24.8 Å². The number of amides is 1. The van der Waals surface area contributed by atoms with Gasteiger partial charge in [-0.2, -0.15) is 0 Å². The second kappa shape index (κ2) is 7.80. The number of methoxy groups -OCH3 is 1. The fourth-order valence-electron chi connectivity index (χ4n) is 4.81. The van der Waals surface area contributed by atoms with E-state index in [1.54, 1.807) is 4.57 Å². The molecule has 10 heteroatoms. The van der Waals surface area contributed by atoms with Crippen molar-refractivity contribution in [3.05, 3.63) is 33.9 Å². The zero-order valence-corrected chi connectivity index (χ0v) is 17.7. The van der Waals surface area contributed by atoms with E-state index in [4.69, 9.17) is 4.74 Å². The van der Waals surface area contributed by atoms with Crippen molar-refractivity contribution >= 4 is 40.9 Å². The van der Waals surface area contributed by atoms with E-state index in [2.05, 4.69) is 5.32 Å². The molecule has 2 aromatic rings. The molecule has 0 spiro atoms. The van der Waals surface area contributed by atoms with Crippen molar-refractivity contribution < 1.29 is 23.8 Å². The van der Waals surface area contributed by atoms with E-state index < -0.39 is 22.8 Å². The van der Waals surface area contributed by atoms with Crippen LogP contribution < -0.4 is 20.4 Å². The van der Waals surface area contributed by atoms with Gasteiger partial charge in [0.2, 0.25) is 11.3 Å². The monoisotopic (exact) mass is 451 g/mol. The number of nitrogens with zero attached hydrogens (tertiary/aromatic N) is 2. The summed E-state index contributed by atoms with van der Waals surface area (Å²) in [6, 6.07) is 1.01. The smallest absolute Gasteiger partial charge is 0.341 e. The number of carboxylic acid groups (broad SMARTS) is 1. The Morgan fingerprint density at radius 1 is 1.29 bits per heavy atom. The fourth-order valence-corrected chi connectivity index (χ4v) is 4.81. The van der Waals surface area contributed by atoms with Gasteiger partial charge >= 0.3 is 5.97 Å². The zero-order valence-electron chi connectivity index (χ0n) is 16.9. The number of rotatable bonds is 4. The summed E-state index contributed by atoms with van der Waals surface area (Å²) in [6.45, 7) is 1.14. The SMILES string of the molecule is COc1c(N2C[C@H]3NCCC[C@@H]3C2=O)c(F)cc2c(=O)c(C(=O)O)cn(C3CC3)c12.Cl. The first-order chi connectivity index (χ1) is 14.4. The van der Waals surface area contributed by atoms with Crippen LogP contribution in [0.4, 0.5) is 10.1 Å². The number of nitrogens with one attached hydrogen (secondary N) is 1. The minimum Gasteiger partial charge on any atom is -0.492 e. The molecule has 1 saturated carbocycles. The van der Waals surface area contributed by atoms with Gasteiger partial charge in [-0.25, -0.2) is 9.18 Å². The Kier molecular flexibility index (Phi) is 5.43. The Morgan fingerprint density at radius 3 is 2.65 bits per heavy atom. The van der Waals surface area contributed by atoms with E-state index in [1.807, 2.05) is 0 Å². The quantitative estimate of drug-likeness (QED) is 0.740. The van der Waals surface area contributed by atoms with Crippen molar-refractivity contribution in [2.45, 2.75) is 37.8 Å². The minimum atomic E-state index is -1.36. The van der Waals surface area contributed by atoms with Gasteiger partial charge in [-0.3, -0.25) is 9.59 Å². The number of benzene rings is 1. The molecule has 0 radical (unpaired) electrons. The van der Waals surface area contributed by atoms with Gasteiger partial charge in [-0.1, -0.05) is 0 Å². The maximum absolute atomic E-state index is 15.3. The number of anilines is 1. The van der Waals surface area contributed by atoms with Crippen LogP contribution in [-0.4, -0.2) is 47.8 Å². The van der Waals surface area contributed by atoms with E-state index >= 15 is 4.39 Å². The summed E-state index contributed by atoms with van der Waals surface area (Å²) in [5.41, 5.74) is -0.817. The van der Waals surface area contributed by atoms with Gasteiger partial charge in [-0.15, -0.1) is 12.4 Å². The molecule has 2 N–H and O–H groups in total. The van der Waals surface area contributed by atoms with Crippen molar-refractivity contribution in [1.82, 2.24) is 9.88 Å². The highest BCUT2D eigenvalue weighted by Gasteiger charge is 2.44. The lowest BCUT2D eigenvalue weighted by atomic mass is 9.94. The molecule has 3 heterocycles. The second-order valence-electron chi connectivity index (χ2n) is 8.21. The number of hydrogen-bond acceptors (Lipinski definition) is 5. The van der Waals surface area contributed by atoms with Gasteiger partial charge in [0.1, 0.15) is 11.3 Å². The molecule has 5 rings (SSSR count). The summed E-state index contributed by atoms with van der Waals surface area (Å²) in [4.78, 5) is 38.8. The zero-order chi connectivity index (χ0) is 21.2. The number of aromatic carboxylic acids is 1. The maximum atomic E-state index is 15.3. The van der Waals surface area contributed by atoms with Crippen LogP contribution in [0, 0.1) is 11.7 Å². The average Bonchev–Trinajstić information content (AvgIpc) is 3.52. The number of fused-ring (bicyclic) bond motifs is 2. The minimum absolute atomic E-state index is 0. The molecule has 2 aliphatic heterocycles. The van der Waals surface area contributed by atoms with Crippen molar-refractivity contribution in [2.75, 3.05) is 25.1 Å². The van der Waals surface area contributed by atoms with Crippen LogP contribution in [0.1, 0.15) is 42.1 Å². The van der Waals surface area contributed by atoms with Gasteiger partial charge in [0.05, 0.1) is 23.9 Å². The summed E-state index contributed by atoms with van der Waals surface area (Å²) < 4.78 is 22.6. The van der Waals surface area contributed by atoms with Crippen LogP contribution in [0.15, 0.2) is 17.1 Å². The van der Waals surface area contributed by atoms with Gasteiger partial charge in [0.15, 0.2) is 11.6 Å². The molecule has 0 bridgehead atoms. The van der Waals surface area contributed by atoms with Crippen LogP contribution in [0.25, 0.3) is 10.9 Å². The predicted molar refractivity (Wildman–Crippen MR) is 114 cm³/mol. The van der Waals surface area contributed by atoms with E-state index in [0.717, 1.165) is 38.3 Å². The molecule has 1 aromatic carbocycles. The Bertz CT molecular complexity index is 1150. The molecule has 31 heavy (non-hydrogen) atoms. The normalized spacial score (nSPS) is 22.9. The molecule has 2 atom stereocenters. The first-order valence-electron chi connectivity index (χ1n) is 10.2. The first-order valence-corrected chi connectivity index (χ1v) is 10.2. The van der Waals surface area contributed by atoms with E-state index in [0.29, 0.717) is 12.1 Å². The summed E-state index contributed by atoms with van der Waals surface area (Å²) in [7, 11) is 1.37. The van der Waals surface area contributed by atoms with Gasteiger partial charge in [-0.05, 0) is 38.3 Å². The van der Waals surface area contributed by atoms with Gasteiger partial charge in [0.25, 0.3) is 0 Å². The van der Waals surface area contributed by atoms with E-state index in [9.17, 15) is 19.5 Å². The van der Waals surface area contributed by atoms with Crippen molar-refractivity contribution in [3.8, 4) is 5.75 Å². The van der Waals surface area contributed by atoms with Crippen LogP contribution in [0.2, 0.25) is 0 Å². The lowest BCUT2D eigenvalue weighted by Crippen LogP contribution is -2.41. The molecule has 3 aliphatic rings. The Balaban J connectivity index is 0.00000231. The third kappa shape index (κ3) is 3.27. The van der Waals surface area contributed by atoms with Crippen molar-refractivity contribution in [3.63, 3.8) is 0 Å². The fraction of sp³-hybridized carbons (Fsp3) is 0.476. The molecule has 1 aliphatic carbocycles. The van der Waals surface area contributed by atoms with E-state index in [-0.39, 0.29) is 53.1 Å².